The largest absolute Gasteiger partial charge is 0.436 e. The van der Waals surface area contributed by atoms with Crippen LogP contribution in [0.4, 0.5) is 0 Å². The van der Waals surface area contributed by atoms with E-state index in [1.54, 1.807) is 6.20 Å². The fourth-order valence-electron chi connectivity index (χ4n) is 7.72. The van der Waals surface area contributed by atoms with Crippen LogP contribution in [0.3, 0.4) is 0 Å². The molecule has 3 nitrogen and oxygen atoms in total. The third-order valence-electron chi connectivity index (χ3n) is 10.2. The van der Waals surface area contributed by atoms with Crippen molar-refractivity contribution in [3.63, 3.8) is 0 Å². The summed E-state index contributed by atoms with van der Waals surface area (Å²) in [6, 6.07) is 64.4. The van der Waals surface area contributed by atoms with Crippen molar-refractivity contribution in [3.8, 4) is 67.1 Å². The molecule has 8 aromatic carbocycles. The van der Waals surface area contributed by atoms with Gasteiger partial charge in [-0.25, -0.2) is 4.98 Å². The van der Waals surface area contributed by atoms with Gasteiger partial charge in [0.25, 0.3) is 0 Å². The number of benzene rings is 8. The number of oxazole rings is 1. The second kappa shape index (κ2) is 12.9. The maximum atomic E-state index is 6.77. The molecule has 0 unspecified atom stereocenters. The first-order valence-electron chi connectivity index (χ1n) is 17.9. The third kappa shape index (κ3) is 5.47. The van der Waals surface area contributed by atoms with Gasteiger partial charge in [-0.2, -0.15) is 0 Å². The molecule has 248 valence electrons. The first-order valence-corrected chi connectivity index (χ1v) is 17.9. The van der Waals surface area contributed by atoms with Gasteiger partial charge in [0, 0.05) is 29.1 Å². The van der Waals surface area contributed by atoms with E-state index >= 15 is 0 Å². The Morgan fingerprint density at radius 1 is 0.358 bits per heavy atom. The van der Waals surface area contributed by atoms with Crippen LogP contribution in [0.1, 0.15) is 0 Å². The molecule has 2 heterocycles. The van der Waals surface area contributed by atoms with E-state index < -0.39 is 0 Å². The molecule has 0 fully saturated rings. The van der Waals surface area contributed by atoms with E-state index in [1.807, 2.05) is 12.3 Å². The maximum Gasteiger partial charge on any atom is 0.227 e. The zero-order valence-electron chi connectivity index (χ0n) is 28.8. The fraction of sp³-hybridized carbons (Fsp3) is 0. The van der Waals surface area contributed by atoms with E-state index in [4.69, 9.17) is 9.40 Å². The van der Waals surface area contributed by atoms with Gasteiger partial charge in [0.1, 0.15) is 5.52 Å². The summed E-state index contributed by atoms with van der Waals surface area (Å²) < 4.78 is 6.77. The van der Waals surface area contributed by atoms with Crippen LogP contribution in [0.25, 0.3) is 99.7 Å². The lowest BCUT2D eigenvalue weighted by Gasteiger charge is -2.16. The maximum absolute atomic E-state index is 6.77. The van der Waals surface area contributed by atoms with Crippen molar-refractivity contribution in [2.24, 2.45) is 0 Å². The second-order valence-corrected chi connectivity index (χ2v) is 13.4. The molecule has 3 heteroatoms. The first kappa shape index (κ1) is 30.7. The topological polar surface area (TPSA) is 38.9 Å². The monoisotopic (exact) mass is 676 g/mol. The Bertz CT molecular complexity index is 2950. The summed E-state index contributed by atoms with van der Waals surface area (Å²) in [5.74, 6) is 0.578. The van der Waals surface area contributed by atoms with E-state index in [0.717, 1.165) is 55.6 Å². The van der Waals surface area contributed by atoms with Crippen molar-refractivity contribution in [1.82, 2.24) is 9.97 Å². The number of nitrogens with zero attached hydrogens (tertiary/aromatic N) is 2. The lowest BCUT2D eigenvalue weighted by atomic mass is 9.87. The van der Waals surface area contributed by atoms with Gasteiger partial charge in [0.2, 0.25) is 5.89 Å². The molecule has 0 atom stereocenters. The Balaban J connectivity index is 1.23. The second-order valence-electron chi connectivity index (χ2n) is 13.4. The summed E-state index contributed by atoms with van der Waals surface area (Å²) in [6.45, 7) is 0. The highest BCUT2D eigenvalue weighted by atomic mass is 16.3. The minimum atomic E-state index is 0.578. The number of fused-ring (bicyclic) bond motifs is 3. The third-order valence-corrected chi connectivity index (χ3v) is 10.2. The normalized spacial score (nSPS) is 11.4. The van der Waals surface area contributed by atoms with Gasteiger partial charge in [-0.15, -0.1) is 0 Å². The molecule has 2 aromatic heterocycles. The lowest BCUT2D eigenvalue weighted by Crippen LogP contribution is -1.91. The van der Waals surface area contributed by atoms with Crippen molar-refractivity contribution < 1.29 is 4.42 Å². The van der Waals surface area contributed by atoms with Crippen LogP contribution in [-0.4, -0.2) is 9.97 Å². The van der Waals surface area contributed by atoms with Crippen molar-refractivity contribution in [3.05, 3.63) is 194 Å². The van der Waals surface area contributed by atoms with Gasteiger partial charge in [0.15, 0.2) is 5.58 Å². The highest BCUT2D eigenvalue weighted by Gasteiger charge is 2.20. The SMILES string of the molecule is c1cncc(-c2cccc(-c3nc4c(-c5ccccc5-c5cccc6ccccc56)cc(-c5ccccc5-c5cccc6ccccc56)cc4o3)c2)c1. The quantitative estimate of drug-likeness (QED) is 0.176. The Morgan fingerprint density at radius 2 is 0.887 bits per heavy atom. The number of pyridine rings is 1. The molecule has 53 heavy (non-hydrogen) atoms. The van der Waals surface area contributed by atoms with E-state index in [1.165, 1.54) is 38.2 Å². The summed E-state index contributed by atoms with van der Waals surface area (Å²) in [4.78, 5) is 9.61. The molecule has 0 radical (unpaired) electrons. The zero-order valence-corrected chi connectivity index (χ0v) is 28.8. The summed E-state index contributed by atoms with van der Waals surface area (Å²) >= 11 is 0. The molecule has 0 saturated heterocycles. The molecule has 0 aliphatic carbocycles. The Labute approximate surface area is 307 Å². The van der Waals surface area contributed by atoms with Gasteiger partial charge in [-0.3, -0.25) is 4.98 Å². The minimum Gasteiger partial charge on any atom is -0.436 e. The molecule has 0 spiro atoms. The van der Waals surface area contributed by atoms with Crippen LogP contribution in [0.2, 0.25) is 0 Å². The predicted molar refractivity (Wildman–Crippen MR) is 219 cm³/mol. The Hall–Kier alpha value is -7.10. The van der Waals surface area contributed by atoms with Gasteiger partial charge < -0.3 is 4.42 Å². The average Bonchev–Trinajstić information content (AvgIpc) is 3.68. The van der Waals surface area contributed by atoms with Crippen LogP contribution >= 0.6 is 0 Å². The summed E-state index contributed by atoms with van der Waals surface area (Å²) in [6.07, 6.45) is 3.68. The van der Waals surface area contributed by atoms with Crippen molar-refractivity contribution in [2.45, 2.75) is 0 Å². The molecular formula is C50H32N2O. The summed E-state index contributed by atoms with van der Waals surface area (Å²) in [5, 5.41) is 4.86. The number of aromatic nitrogens is 2. The Morgan fingerprint density at radius 3 is 1.57 bits per heavy atom. The van der Waals surface area contributed by atoms with E-state index in [0.29, 0.717) is 5.89 Å². The van der Waals surface area contributed by atoms with Crippen LogP contribution in [0, 0.1) is 0 Å². The number of rotatable bonds is 6. The van der Waals surface area contributed by atoms with Crippen molar-refractivity contribution in [1.29, 1.82) is 0 Å². The van der Waals surface area contributed by atoms with E-state index in [2.05, 4.69) is 181 Å². The lowest BCUT2D eigenvalue weighted by molar-refractivity contribution is 0.620. The molecular weight excluding hydrogens is 645 g/mol. The van der Waals surface area contributed by atoms with E-state index in [9.17, 15) is 0 Å². The standard InChI is InChI=1S/C50H32N2O/c1-3-20-39-33(13-1)15-10-26-43(39)42-23-6-5-22-41(42)38-30-47(46-25-8-7-24-45(46)44-27-11-16-34-14-2-4-21-40(34)44)49-48(31-38)53-50(52-49)36-18-9-17-35(29-36)37-19-12-28-51-32-37/h1-32H. The van der Waals surface area contributed by atoms with Crippen molar-refractivity contribution >= 4 is 32.6 Å². The highest BCUT2D eigenvalue weighted by molar-refractivity contribution is 6.06. The molecule has 10 rings (SSSR count). The molecule has 0 saturated carbocycles. The number of hydrogen-bond acceptors (Lipinski definition) is 3. The number of hydrogen-bond donors (Lipinski definition) is 0. The fourth-order valence-corrected chi connectivity index (χ4v) is 7.72. The molecule has 0 amide bonds. The van der Waals surface area contributed by atoms with Gasteiger partial charge >= 0.3 is 0 Å². The smallest absolute Gasteiger partial charge is 0.227 e. The van der Waals surface area contributed by atoms with Crippen LogP contribution in [0.5, 0.6) is 0 Å². The van der Waals surface area contributed by atoms with Gasteiger partial charge in [0.05, 0.1) is 0 Å². The molecule has 0 aliphatic rings. The molecule has 0 bridgehead atoms. The molecule has 0 aliphatic heterocycles. The van der Waals surface area contributed by atoms with Gasteiger partial charge in [-0.05, 0) is 96.4 Å². The zero-order chi connectivity index (χ0) is 35.1. The summed E-state index contributed by atoms with van der Waals surface area (Å²) in [7, 11) is 0. The van der Waals surface area contributed by atoms with Crippen LogP contribution in [-0.2, 0) is 0 Å². The predicted octanol–water partition coefficient (Wildman–Crippen LogP) is 13.5. The van der Waals surface area contributed by atoms with Crippen LogP contribution < -0.4 is 0 Å². The van der Waals surface area contributed by atoms with Gasteiger partial charge in [-0.1, -0.05) is 152 Å². The first-order chi connectivity index (χ1) is 26.3. The van der Waals surface area contributed by atoms with E-state index in [-0.39, 0.29) is 0 Å². The highest BCUT2D eigenvalue weighted by Crippen LogP contribution is 2.44. The van der Waals surface area contributed by atoms with Crippen molar-refractivity contribution in [2.75, 3.05) is 0 Å². The average molecular weight is 677 g/mol. The Kier molecular flexibility index (Phi) is 7.47. The molecule has 10 aromatic rings. The summed E-state index contributed by atoms with van der Waals surface area (Å²) in [5.41, 5.74) is 13.6. The molecule has 0 N–H and O–H groups in total. The minimum absolute atomic E-state index is 0.578. The van der Waals surface area contributed by atoms with Crippen LogP contribution in [0.15, 0.2) is 199 Å².